The number of hydrogen-bond donors (Lipinski definition) is 0. The Morgan fingerprint density at radius 3 is 2.70 bits per heavy atom. The van der Waals surface area contributed by atoms with Crippen molar-refractivity contribution in [2.24, 2.45) is 11.8 Å². The second kappa shape index (κ2) is 5.65. The van der Waals surface area contributed by atoms with Crippen molar-refractivity contribution in [3.05, 3.63) is 35.9 Å². The smallest absolute Gasteiger partial charge is 0.311 e. The summed E-state index contributed by atoms with van der Waals surface area (Å²) in [5.41, 5.74) is 0.972. The quantitative estimate of drug-likeness (QED) is 0.771. The van der Waals surface area contributed by atoms with Gasteiger partial charge in [-0.2, -0.15) is 0 Å². The Kier molecular flexibility index (Phi) is 3.72. The maximum atomic E-state index is 12.0. The van der Waals surface area contributed by atoms with Crippen LogP contribution >= 0.6 is 0 Å². The minimum absolute atomic E-state index is 0.0959. The normalized spacial score (nSPS) is 22.1. The molecule has 2 aliphatic rings. The van der Waals surface area contributed by atoms with E-state index in [9.17, 15) is 9.59 Å². The third-order valence-electron chi connectivity index (χ3n) is 3.95. The molecule has 1 aromatic carbocycles. The van der Waals surface area contributed by atoms with Crippen LogP contribution in [0.1, 0.15) is 24.8 Å². The summed E-state index contributed by atoms with van der Waals surface area (Å²) in [5.74, 6) is 0.224. The van der Waals surface area contributed by atoms with E-state index in [-0.39, 0.29) is 24.4 Å². The Labute approximate surface area is 118 Å². The van der Waals surface area contributed by atoms with Gasteiger partial charge in [0.1, 0.15) is 6.61 Å². The second-order valence-electron chi connectivity index (χ2n) is 5.74. The van der Waals surface area contributed by atoms with Crippen LogP contribution in [0, 0.1) is 11.8 Å². The molecule has 3 rings (SSSR count). The molecule has 1 unspecified atom stereocenters. The zero-order valence-electron chi connectivity index (χ0n) is 11.5. The highest BCUT2D eigenvalue weighted by molar-refractivity contribution is 5.86. The largest absolute Gasteiger partial charge is 0.461 e. The molecule has 1 saturated heterocycles. The van der Waals surface area contributed by atoms with E-state index in [2.05, 4.69) is 0 Å². The van der Waals surface area contributed by atoms with Crippen LogP contribution in [0.15, 0.2) is 30.3 Å². The molecule has 0 bridgehead atoms. The van der Waals surface area contributed by atoms with Crippen LogP contribution in [0.5, 0.6) is 0 Å². The van der Waals surface area contributed by atoms with Crippen molar-refractivity contribution in [3.63, 3.8) is 0 Å². The van der Waals surface area contributed by atoms with E-state index in [1.54, 1.807) is 0 Å². The summed E-state index contributed by atoms with van der Waals surface area (Å²) < 4.78 is 5.31. The molecule has 1 heterocycles. The number of carbonyl (C=O) groups is 2. The number of nitrogens with zero attached hydrogens (tertiary/aromatic N) is 1. The van der Waals surface area contributed by atoms with Gasteiger partial charge >= 0.3 is 5.97 Å². The number of esters is 1. The number of amides is 1. The fraction of sp³-hybridized carbons (Fsp3) is 0.500. The topological polar surface area (TPSA) is 46.6 Å². The maximum Gasteiger partial charge on any atom is 0.311 e. The van der Waals surface area contributed by atoms with Gasteiger partial charge in [0.05, 0.1) is 5.92 Å². The van der Waals surface area contributed by atoms with Gasteiger partial charge in [-0.25, -0.2) is 0 Å². The minimum atomic E-state index is -0.287. The molecule has 2 fully saturated rings. The van der Waals surface area contributed by atoms with Crippen molar-refractivity contribution < 1.29 is 14.3 Å². The number of benzene rings is 1. The Hall–Kier alpha value is -1.84. The molecule has 1 saturated carbocycles. The Morgan fingerprint density at radius 2 is 2.00 bits per heavy atom. The monoisotopic (exact) mass is 273 g/mol. The van der Waals surface area contributed by atoms with Crippen LogP contribution < -0.4 is 0 Å². The van der Waals surface area contributed by atoms with E-state index < -0.39 is 0 Å². The number of likely N-dealkylation sites (tertiary alicyclic amines) is 1. The van der Waals surface area contributed by atoms with Gasteiger partial charge in [-0.1, -0.05) is 30.3 Å². The fourth-order valence-electron chi connectivity index (χ4n) is 2.57. The number of hydrogen-bond acceptors (Lipinski definition) is 3. The van der Waals surface area contributed by atoms with Crippen molar-refractivity contribution in [1.29, 1.82) is 0 Å². The maximum absolute atomic E-state index is 12.0. The number of ether oxygens (including phenoxy) is 1. The Balaban J connectivity index is 1.49. The molecule has 0 aromatic heterocycles. The van der Waals surface area contributed by atoms with Gasteiger partial charge in [0.2, 0.25) is 5.91 Å². The molecule has 1 aromatic rings. The van der Waals surface area contributed by atoms with Gasteiger partial charge < -0.3 is 9.64 Å². The summed E-state index contributed by atoms with van der Waals surface area (Å²) in [7, 11) is 0. The van der Waals surface area contributed by atoms with Gasteiger partial charge in [0, 0.05) is 19.5 Å². The highest BCUT2D eigenvalue weighted by Gasteiger charge is 2.37. The lowest BCUT2D eigenvalue weighted by molar-refractivity contribution is -0.149. The molecule has 0 spiro atoms. The van der Waals surface area contributed by atoms with E-state index in [1.165, 1.54) is 12.8 Å². The number of rotatable bonds is 5. The summed E-state index contributed by atoms with van der Waals surface area (Å²) in [6, 6.07) is 9.61. The van der Waals surface area contributed by atoms with Crippen LogP contribution in [0.3, 0.4) is 0 Å². The van der Waals surface area contributed by atoms with E-state index in [4.69, 9.17) is 4.74 Å². The number of carbonyl (C=O) groups excluding carboxylic acids is 2. The second-order valence-corrected chi connectivity index (χ2v) is 5.74. The van der Waals surface area contributed by atoms with Crippen molar-refractivity contribution in [2.45, 2.75) is 25.9 Å². The predicted molar refractivity (Wildman–Crippen MR) is 73.6 cm³/mol. The van der Waals surface area contributed by atoms with Crippen molar-refractivity contribution >= 4 is 11.9 Å². The summed E-state index contributed by atoms with van der Waals surface area (Å²) in [4.78, 5) is 25.7. The minimum Gasteiger partial charge on any atom is -0.461 e. The molecular formula is C16H19NO3. The first-order chi connectivity index (χ1) is 9.72. The Bertz CT molecular complexity index is 496. The molecule has 0 radical (unpaired) electrons. The SMILES string of the molecule is O=C(OCc1ccccc1)C1CC(=O)N(CC2CC2)C1. The Morgan fingerprint density at radius 1 is 1.25 bits per heavy atom. The standard InChI is InChI=1S/C16H19NO3/c18-15-8-14(10-17(15)9-12-6-7-12)16(19)20-11-13-4-2-1-3-5-13/h1-5,12,14H,6-11H2. The molecule has 0 N–H and O–H groups in total. The molecule has 4 nitrogen and oxygen atoms in total. The zero-order valence-corrected chi connectivity index (χ0v) is 11.5. The average molecular weight is 273 g/mol. The molecule has 20 heavy (non-hydrogen) atoms. The molecule has 1 atom stereocenters. The van der Waals surface area contributed by atoms with Crippen molar-refractivity contribution in [1.82, 2.24) is 4.90 Å². The van der Waals surface area contributed by atoms with Crippen LogP contribution in [0.2, 0.25) is 0 Å². The van der Waals surface area contributed by atoms with Gasteiger partial charge in [0.25, 0.3) is 0 Å². The van der Waals surface area contributed by atoms with E-state index in [0.717, 1.165) is 12.1 Å². The van der Waals surface area contributed by atoms with Gasteiger partial charge in [-0.15, -0.1) is 0 Å². The average Bonchev–Trinajstić information content (AvgIpc) is 3.21. The van der Waals surface area contributed by atoms with Crippen molar-refractivity contribution in [3.8, 4) is 0 Å². The lowest BCUT2D eigenvalue weighted by atomic mass is 10.1. The van der Waals surface area contributed by atoms with E-state index >= 15 is 0 Å². The first-order valence-corrected chi connectivity index (χ1v) is 7.20. The van der Waals surface area contributed by atoms with Crippen LogP contribution in [-0.2, 0) is 20.9 Å². The van der Waals surface area contributed by atoms with Crippen LogP contribution in [0.4, 0.5) is 0 Å². The lowest BCUT2D eigenvalue weighted by Gasteiger charge is -2.15. The third-order valence-corrected chi connectivity index (χ3v) is 3.95. The molecule has 1 amide bonds. The van der Waals surface area contributed by atoms with E-state index in [0.29, 0.717) is 18.9 Å². The van der Waals surface area contributed by atoms with Crippen LogP contribution in [-0.4, -0.2) is 29.9 Å². The molecular weight excluding hydrogens is 254 g/mol. The third kappa shape index (κ3) is 3.18. The lowest BCUT2D eigenvalue weighted by Crippen LogP contribution is -2.28. The first-order valence-electron chi connectivity index (χ1n) is 7.20. The summed E-state index contributed by atoms with van der Waals surface area (Å²) in [6.45, 7) is 1.64. The van der Waals surface area contributed by atoms with E-state index in [1.807, 2.05) is 35.2 Å². The summed E-state index contributed by atoms with van der Waals surface area (Å²) >= 11 is 0. The molecule has 106 valence electrons. The molecule has 1 aliphatic carbocycles. The highest BCUT2D eigenvalue weighted by atomic mass is 16.5. The highest BCUT2D eigenvalue weighted by Crippen LogP contribution is 2.32. The van der Waals surface area contributed by atoms with Gasteiger partial charge in [-0.3, -0.25) is 9.59 Å². The summed E-state index contributed by atoms with van der Waals surface area (Å²) in [6.07, 6.45) is 2.74. The van der Waals surface area contributed by atoms with Crippen molar-refractivity contribution in [2.75, 3.05) is 13.1 Å². The fourth-order valence-corrected chi connectivity index (χ4v) is 2.57. The molecule has 4 heteroatoms. The predicted octanol–water partition coefficient (Wildman–Crippen LogP) is 1.99. The van der Waals surface area contributed by atoms with Gasteiger partial charge in [0.15, 0.2) is 0 Å². The molecule has 1 aliphatic heterocycles. The summed E-state index contributed by atoms with van der Waals surface area (Å²) in [5, 5.41) is 0. The van der Waals surface area contributed by atoms with Crippen LogP contribution in [0.25, 0.3) is 0 Å². The van der Waals surface area contributed by atoms with Gasteiger partial charge in [-0.05, 0) is 24.3 Å². The zero-order chi connectivity index (χ0) is 13.9. The first kappa shape index (κ1) is 13.2.